The van der Waals surface area contributed by atoms with Crippen molar-refractivity contribution in [2.45, 2.75) is 26.1 Å². The predicted molar refractivity (Wildman–Crippen MR) is 120 cm³/mol. The number of hydrogen-bond donors (Lipinski definition) is 2. The zero-order valence-electron chi connectivity index (χ0n) is 17.8. The lowest BCUT2D eigenvalue weighted by Crippen LogP contribution is -2.27. The lowest BCUT2D eigenvalue weighted by molar-refractivity contribution is -0.106. The number of hydrogen-bond acceptors (Lipinski definition) is 6. The average Bonchev–Trinajstić information content (AvgIpc) is 3.06. The van der Waals surface area contributed by atoms with Crippen LogP contribution in [0.15, 0.2) is 53.1 Å². The zero-order valence-corrected chi connectivity index (χ0v) is 19.4. The first-order chi connectivity index (χ1) is 15.8. The van der Waals surface area contributed by atoms with E-state index in [-0.39, 0.29) is 17.1 Å². The molecule has 1 aromatic heterocycles. The van der Waals surface area contributed by atoms with Crippen LogP contribution in [0.25, 0.3) is 11.3 Å². The molecule has 8 nitrogen and oxygen atoms in total. The number of benzene rings is 2. The summed E-state index contributed by atoms with van der Waals surface area (Å²) in [6.45, 7) is 3.24. The van der Waals surface area contributed by atoms with Crippen molar-refractivity contribution in [1.29, 1.82) is 0 Å². The van der Waals surface area contributed by atoms with Crippen molar-refractivity contribution in [2.24, 2.45) is 0 Å². The van der Waals surface area contributed by atoms with Crippen molar-refractivity contribution >= 4 is 39.1 Å². The zero-order chi connectivity index (χ0) is 25.1. The fourth-order valence-corrected chi connectivity index (χ4v) is 4.28. The van der Waals surface area contributed by atoms with E-state index in [2.05, 4.69) is 10.5 Å². The fourth-order valence-electron chi connectivity index (χ4n) is 3.00. The predicted octanol–water partition coefficient (Wildman–Crippen LogP) is 5.92. The first-order valence-corrected chi connectivity index (χ1v) is 11.7. The van der Waals surface area contributed by atoms with E-state index >= 15 is 0 Å². The maximum atomic E-state index is 12.5. The number of nitrogens with one attached hydrogen (secondary N) is 2. The summed E-state index contributed by atoms with van der Waals surface area (Å²) in [6, 6.07) is 12.2. The molecule has 0 spiro atoms. The Morgan fingerprint density at radius 1 is 1.18 bits per heavy atom. The highest BCUT2D eigenvalue weighted by Gasteiger charge is 2.35. The van der Waals surface area contributed by atoms with Crippen LogP contribution in [-0.2, 0) is 14.8 Å². The third kappa shape index (κ3) is 6.64. The summed E-state index contributed by atoms with van der Waals surface area (Å²) in [5.41, 5.74) is 1.47. The second-order valence-corrected chi connectivity index (χ2v) is 9.35. The van der Waals surface area contributed by atoms with Gasteiger partial charge < -0.3 is 9.26 Å². The van der Waals surface area contributed by atoms with Gasteiger partial charge in [0.15, 0.2) is 11.5 Å². The van der Waals surface area contributed by atoms with Crippen molar-refractivity contribution < 1.29 is 35.6 Å². The van der Waals surface area contributed by atoms with Crippen LogP contribution in [0.3, 0.4) is 0 Å². The largest absolute Gasteiger partial charge is 0.441 e. The Morgan fingerprint density at radius 3 is 2.44 bits per heavy atom. The van der Waals surface area contributed by atoms with Crippen LogP contribution < -0.4 is 10.0 Å². The van der Waals surface area contributed by atoms with Gasteiger partial charge in [0.25, 0.3) is 0 Å². The monoisotopic (exact) mass is 517 g/mol. The van der Waals surface area contributed by atoms with Crippen LogP contribution in [0.2, 0.25) is 5.02 Å². The minimum atomic E-state index is -4.87. The molecule has 3 aromatic rings. The summed E-state index contributed by atoms with van der Waals surface area (Å²) in [7, 11) is -4.62. The molecule has 13 heteroatoms. The number of carbonyl (C=O) groups is 1. The number of amides is 1. The summed E-state index contributed by atoms with van der Waals surface area (Å²) >= 11 is 6.13. The van der Waals surface area contributed by atoms with Crippen LogP contribution in [0.5, 0.6) is 0 Å². The Balaban J connectivity index is 1.73. The van der Waals surface area contributed by atoms with Gasteiger partial charge in [-0.1, -0.05) is 35.0 Å². The molecule has 0 aliphatic heterocycles. The fraction of sp³-hybridized carbons (Fsp3) is 0.238. The molecule has 0 fully saturated rings. The van der Waals surface area contributed by atoms with Crippen molar-refractivity contribution in [3.05, 3.63) is 64.8 Å². The Morgan fingerprint density at radius 2 is 1.82 bits per heavy atom. The quantitative estimate of drug-likeness (QED) is 0.402. The van der Waals surface area contributed by atoms with Crippen molar-refractivity contribution in [1.82, 2.24) is 5.16 Å². The number of carbonyl (C=O) groups excluding carboxylic acids is 1. The molecule has 34 heavy (non-hydrogen) atoms. The van der Waals surface area contributed by atoms with Crippen LogP contribution >= 0.6 is 11.6 Å². The Hall–Kier alpha value is -3.25. The second kappa shape index (κ2) is 9.94. The molecule has 0 saturated carbocycles. The molecule has 1 atom stereocenters. The average molecular weight is 518 g/mol. The van der Waals surface area contributed by atoms with Gasteiger partial charge in [0.05, 0.1) is 0 Å². The molecule has 2 N–H and O–H groups in total. The maximum absolute atomic E-state index is 12.5. The van der Waals surface area contributed by atoms with Gasteiger partial charge in [-0.25, -0.2) is 13.2 Å². The number of sulfonamides is 1. The highest BCUT2D eigenvalue weighted by atomic mass is 35.5. The molecule has 182 valence electrons. The molecule has 0 aliphatic rings. The number of halogens is 4. The SMILES string of the molecule is Cc1noc(-c2ccc(NS(=O)(=O)CC(F)(F)F)cc2)c1NC(=O)OC(C)c1ccccc1Cl. The van der Waals surface area contributed by atoms with Crippen LogP contribution in [0.1, 0.15) is 24.3 Å². The summed E-state index contributed by atoms with van der Waals surface area (Å²) in [5, 5.41) is 6.82. The van der Waals surface area contributed by atoms with Crippen molar-refractivity contribution in [3.8, 4) is 11.3 Å². The molecule has 1 unspecified atom stereocenters. The molecule has 3 rings (SSSR count). The minimum absolute atomic E-state index is 0.0771. The van der Waals surface area contributed by atoms with Crippen molar-refractivity contribution in [3.63, 3.8) is 0 Å². The van der Waals surface area contributed by atoms with E-state index in [1.807, 2.05) is 4.72 Å². The van der Waals surface area contributed by atoms with E-state index in [1.54, 1.807) is 38.1 Å². The third-order valence-corrected chi connectivity index (χ3v) is 6.09. The molecule has 1 heterocycles. The topological polar surface area (TPSA) is 111 Å². The van der Waals surface area contributed by atoms with Gasteiger partial charge in [-0.2, -0.15) is 13.2 Å². The summed E-state index contributed by atoms with van der Waals surface area (Å²) in [6.07, 6.45) is -6.32. The lowest BCUT2D eigenvalue weighted by Gasteiger charge is -2.15. The standard InChI is InChI=1S/C21H19ClF3N3O5S/c1-12-18(26-20(29)32-13(2)16-5-3-4-6-17(16)22)19(33-27-12)14-7-9-15(10-8-14)28-34(30,31)11-21(23,24)25/h3-10,13,28H,11H2,1-2H3,(H,26,29). The van der Waals surface area contributed by atoms with Gasteiger partial charge in [0.1, 0.15) is 17.5 Å². The molecular formula is C21H19ClF3N3O5S. The highest BCUT2D eigenvalue weighted by Crippen LogP contribution is 2.33. The first kappa shape index (κ1) is 25.4. The normalized spacial score (nSPS) is 12.8. The number of nitrogens with zero attached hydrogens (tertiary/aromatic N) is 1. The van der Waals surface area contributed by atoms with E-state index < -0.39 is 34.1 Å². The van der Waals surface area contributed by atoms with Crippen LogP contribution in [-0.4, -0.2) is 31.6 Å². The first-order valence-electron chi connectivity index (χ1n) is 9.70. The van der Waals surface area contributed by atoms with E-state index in [0.29, 0.717) is 21.8 Å². The number of anilines is 2. The third-order valence-electron chi connectivity index (χ3n) is 4.49. The Kier molecular flexibility index (Phi) is 7.41. The van der Waals surface area contributed by atoms with Gasteiger partial charge in [-0.15, -0.1) is 0 Å². The highest BCUT2D eigenvalue weighted by molar-refractivity contribution is 7.92. The van der Waals surface area contributed by atoms with Crippen molar-refractivity contribution in [2.75, 3.05) is 15.8 Å². The summed E-state index contributed by atoms with van der Waals surface area (Å²) < 4.78 is 72.9. The molecule has 0 radical (unpaired) electrons. The van der Waals surface area contributed by atoms with E-state index in [1.165, 1.54) is 24.3 Å². The Labute approximate surface area is 198 Å². The number of alkyl halides is 3. The Bertz CT molecular complexity index is 1280. The van der Waals surface area contributed by atoms with Gasteiger partial charge in [0, 0.05) is 21.8 Å². The maximum Gasteiger partial charge on any atom is 0.412 e. The van der Waals surface area contributed by atoms with Crippen LogP contribution in [0.4, 0.5) is 29.3 Å². The van der Waals surface area contributed by atoms with E-state index in [4.69, 9.17) is 20.9 Å². The van der Waals surface area contributed by atoms with Gasteiger partial charge in [0.2, 0.25) is 10.0 Å². The molecule has 0 bridgehead atoms. The molecular weight excluding hydrogens is 499 g/mol. The number of ether oxygens (including phenoxy) is 1. The number of aryl methyl sites for hydroxylation is 1. The number of rotatable bonds is 7. The van der Waals surface area contributed by atoms with Gasteiger partial charge in [-0.3, -0.25) is 10.0 Å². The lowest BCUT2D eigenvalue weighted by atomic mass is 10.1. The molecule has 0 saturated heterocycles. The summed E-state index contributed by atoms with van der Waals surface area (Å²) in [5.74, 6) is -1.86. The molecule has 2 aromatic carbocycles. The van der Waals surface area contributed by atoms with Gasteiger partial charge >= 0.3 is 12.3 Å². The summed E-state index contributed by atoms with van der Waals surface area (Å²) in [4.78, 5) is 12.5. The molecule has 1 amide bonds. The van der Waals surface area contributed by atoms with Gasteiger partial charge in [-0.05, 0) is 44.2 Å². The van der Waals surface area contributed by atoms with E-state index in [0.717, 1.165) is 0 Å². The van der Waals surface area contributed by atoms with Crippen LogP contribution in [0, 0.1) is 6.92 Å². The van der Waals surface area contributed by atoms with E-state index in [9.17, 15) is 26.4 Å². The smallest absolute Gasteiger partial charge is 0.412 e. The minimum Gasteiger partial charge on any atom is -0.441 e. The molecule has 0 aliphatic carbocycles. The number of aromatic nitrogens is 1. The second-order valence-electron chi connectivity index (χ2n) is 7.22.